The number of rotatable bonds is 9. The fraction of sp³-hybridized carbons (Fsp3) is 0.346. The van der Waals surface area contributed by atoms with Crippen molar-refractivity contribution < 1.29 is 13.2 Å². The van der Waals surface area contributed by atoms with Gasteiger partial charge in [0.05, 0.1) is 40.1 Å². The zero-order valence-corrected chi connectivity index (χ0v) is 20.5. The van der Waals surface area contributed by atoms with E-state index < -0.39 is 15.3 Å². The molecule has 7 nitrogen and oxygen atoms in total. The monoisotopic (exact) mass is 476 g/mol. The van der Waals surface area contributed by atoms with E-state index >= 15 is 0 Å². The first-order valence-corrected chi connectivity index (χ1v) is 12.9. The molecule has 0 N–H and O–H groups in total. The average Bonchev–Trinajstić information content (AvgIpc) is 3.66. The summed E-state index contributed by atoms with van der Waals surface area (Å²) in [6.45, 7) is 9.41. The van der Waals surface area contributed by atoms with E-state index in [0.29, 0.717) is 18.5 Å². The molecule has 2 aromatic heterocycles. The Kier molecular flexibility index (Phi) is 6.45. The third-order valence-electron chi connectivity index (χ3n) is 6.09. The Bertz CT molecular complexity index is 1340. The molecule has 0 unspecified atom stereocenters. The van der Waals surface area contributed by atoms with E-state index in [1.54, 1.807) is 18.5 Å². The highest BCUT2D eigenvalue weighted by Gasteiger charge is 2.37. The van der Waals surface area contributed by atoms with Crippen LogP contribution in [-0.2, 0) is 32.2 Å². The van der Waals surface area contributed by atoms with Crippen LogP contribution in [0.5, 0.6) is 0 Å². The molecule has 2 heterocycles. The van der Waals surface area contributed by atoms with Crippen LogP contribution in [0, 0.1) is 0 Å². The van der Waals surface area contributed by atoms with Gasteiger partial charge in [0.15, 0.2) is 9.84 Å². The Morgan fingerprint density at radius 1 is 1.09 bits per heavy atom. The van der Waals surface area contributed by atoms with E-state index in [1.165, 1.54) is 6.20 Å². The maximum absolute atomic E-state index is 13.2. The molecule has 34 heavy (non-hydrogen) atoms. The first-order chi connectivity index (χ1) is 16.1. The second kappa shape index (κ2) is 9.18. The van der Waals surface area contributed by atoms with E-state index in [-0.39, 0.29) is 29.0 Å². The van der Waals surface area contributed by atoms with Crippen LogP contribution in [0.1, 0.15) is 56.4 Å². The first kappa shape index (κ1) is 23.9. The lowest BCUT2D eigenvalue weighted by Gasteiger charge is -2.23. The third kappa shape index (κ3) is 5.28. The number of Topliss-reactive ketones (excluding diaryl/α,β-unsaturated/α-hetero) is 1. The highest BCUT2D eigenvalue weighted by atomic mass is 32.2. The smallest absolute Gasteiger partial charge is 0.160 e. The van der Waals surface area contributed by atoms with Gasteiger partial charge in [0.2, 0.25) is 0 Å². The fourth-order valence-electron chi connectivity index (χ4n) is 3.59. The Morgan fingerprint density at radius 3 is 2.44 bits per heavy atom. The van der Waals surface area contributed by atoms with E-state index in [1.807, 2.05) is 45.0 Å². The van der Waals surface area contributed by atoms with Gasteiger partial charge in [-0.25, -0.2) is 23.4 Å². The summed E-state index contributed by atoms with van der Waals surface area (Å²) in [4.78, 5) is 30.6. The van der Waals surface area contributed by atoms with E-state index in [0.717, 1.165) is 28.1 Å². The van der Waals surface area contributed by atoms with Crippen molar-refractivity contribution in [3.05, 3.63) is 78.3 Å². The number of carbonyl (C=O) groups is 1. The minimum atomic E-state index is -3.23. The Hall–Kier alpha value is -3.26. The number of hydrogen-bond donors (Lipinski definition) is 0. The summed E-state index contributed by atoms with van der Waals surface area (Å²) in [5.74, 6) is 0.0407. The van der Waals surface area contributed by atoms with Gasteiger partial charge in [-0.15, -0.1) is 0 Å². The van der Waals surface area contributed by atoms with Crippen LogP contribution in [0.4, 0.5) is 0 Å². The van der Waals surface area contributed by atoms with Crippen LogP contribution in [0.25, 0.3) is 16.8 Å². The molecule has 0 atom stereocenters. The van der Waals surface area contributed by atoms with Crippen molar-refractivity contribution >= 4 is 21.2 Å². The van der Waals surface area contributed by atoms with Crippen LogP contribution in [-0.4, -0.2) is 39.4 Å². The number of carbonyl (C=O) groups excluding carboxylic acids is 1. The number of allylic oxidation sites excluding steroid dienone is 1. The molecule has 0 bridgehead atoms. The second-order valence-electron chi connectivity index (χ2n) is 9.36. The zero-order valence-electron chi connectivity index (χ0n) is 19.7. The maximum atomic E-state index is 13.2. The van der Waals surface area contributed by atoms with Gasteiger partial charge >= 0.3 is 0 Å². The van der Waals surface area contributed by atoms with Gasteiger partial charge in [0.1, 0.15) is 17.4 Å². The molecule has 0 radical (unpaired) electrons. The van der Waals surface area contributed by atoms with Crippen molar-refractivity contribution in [3.8, 4) is 11.3 Å². The SMILES string of the molecule is C=C(C)c1cncc(-c2ccc(CC(=O)C(C)(C)c3ccnc(CS(=O)(=O)C4CC4)n3)cc2)n1. The molecule has 8 heteroatoms. The molecule has 1 fully saturated rings. The summed E-state index contributed by atoms with van der Waals surface area (Å²) in [6.07, 6.45) is 6.55. The summed E-state index contributed by atoms with van der Waals surface area (Å²) < 4.78 is 24.6. The number of aromatic nitrogens is 4. The molecule has 4 rings (SSSR count). The number of nitrogens with zero attached hydrogens (tertiary/aromatic N) is 4. The lowest BCUT2D eigenvalue weighted by Crippen LogP contribution is -2.32. The highest BCUT2D eigenvalue weighted by molar-refractivity contribution is 7.91. The van der Waals surface area contributed by atoms with Gasteiger partial charge in [-0.2, -0.15) is 0 Å². The Balaban J connectivity index is 1.48. The largest absolute Gasteiger partial charge is 0.298 e. The number of hydrogen-bond acceptors (Lipinski definition) is 7. The molecule has 0 spiro atoms. The van der Waals surface area contributed by atoms with Crippen molar-refractivity contribution in [2.75, 3.05) is 0 Å². The molecule has 1 aromatic carbocycles. The van der Waals surface area contributed by atoms with Gasteiger partial charge in [0, 0.05) is 18.2 Å². The van der Waals surface area contributed by atoms with Crippen LogP contribution >= 0.6 is 0 Å². The predicted molar refractivity (Wildman–Crippen MR) is 132 cm³/mol. The van der Waals surface area contributed by atoms with Crippen molar-refractivity contribution in [2.24, 2.45) is 0 Å². The summed E-state index contributed by atoms with van der Waals surface area (Å²) in [7, 11) is -3.23. The molecule has 0 aliphatic heterocycles. The minimum Gasteiger partial charge on any atom is -0.298 e. The van der Waals surface area contributed by atoms with Crippen molar-refractivity contribution in [2.45, 2.75) is 56.5 Å². The third-order valence-corrected chi connectivity index (χ3v) is 8.24. The lowest BCUT2D eigenvalue weighted by molar-refractivity contribution is -0.122. The van der Waals surface area contributed by atoms with Crippen LogP contribution in [0.3, 0.4) is 0 Å². The molecule has 176 valence electrons. The van der Waals surface area contributed by atoms with Gasteiger partial charge in [-0.1, -0.05) is 30.8 Å². The zero-order chi connectivity index (χ0) is 24.5. The van der Waals surface area contributed by atoms with E-state index in [2.05, 4.69) is 26.5 Å². The van der Waals surface area contributed by atoms with Crippen molar-refractivity contribution in [1.82, 2.24) is 19.9 Å². The molecule has 0 amide bonds. The standard InChI is InChI=1S/C26H28N4O3S/c1-17(2)21-14-27-15-22(29-21)19-7-5-18(6-8-19)13-24(31)26(3,4)23-11-12-28-25(30-23)16-34(32,33)20-9-10-20/h5-8,11-12,14-15,20H,1,9-10,13,16H2,2-4H3. The summed E-state index contributed by atoms with van der Waals surface area (Å²) in [5, 5.41) is -0.272. The Morgan fingerprint density at radius 2 is 1.79 bits per heavy atom. The highest BCUT2D eigenvalue weighted by Crippen LogP contribution is 2.31. The van der Waals surface area contributed by atoms with Gasteiger partial charge < -0.3 is 0 Å². The molecule has 1 saturated carbocycles. The first-order valence-electron chi connectivity index (χ1n) is 11.2. The van der Waals surface area contributed by atoms with Crippen molar-refractivity contribution in [1.29, 1.82) is 0 Å². The molecule has 1 aliphatic carbocycles. The maximum Gasteiger partial charge on any atom is 0.160 e. The Labute approximate surface area is 200 Å². The molecule has 3 aromatic rings. The van der Waals surface area contributed by atoms with Crippen molar-refractivity contribution in [3.63, 3.8) is 0 Å². The fourth-order valence-corrected chi connectivity index (χ4v) is 5.18. The quantitative estimate of drug-likeness (QED) is 0.457. The van der Waals surface area contributed by atoms with Gasteiger partial charge in [0.25, 0.3) is 0 Å². The number of benzene rings is 1. The second-order valence-corrected chi connectivity index (χ2v) is 11.6. The summed E-state index contributed by atoms with van der Waals surface area (Å²) in [6, 6.07) is 9.35. The van der Waals surface area contributed by atoms with E-state index in [9.17, 15) is 13.2 Å². The average molecular weight is 477 g/mol. The molecular formula is C26H28N4O3S. The molecular weight excluding hydrogens is 448 g/mol. The molecule has 1 aliphatic rings. The lowest BCUT2D eigenvalue weighted by atomic mass is 9.81. The summed E-state index contributed by atoms with van der Waals surface area (Å²) in [5.41, 5.74) is 3.75. The van der Waals surface area contributed by atoms with E-state index in [4.69, 9.17) is 0 Å². The van der Waals surface area contributed by atoms with Gasteiger partial charge in [-0.05, 0) is 50.8 Å². The summed E-state index contributed by atoms with van der Waals surface area (Å²) >= 11 is 0. The van der Waals surface area contributed by atoms with Crippen LogP contribution in [0.2, 0.25) is 0 Å². The number of sulfone groups is 1. The predicted octanol–water partition coefficient (Wildman–Crippen LogP) is 4.13. The van der Waals surface area contributed by atoms with Crippen LogP contribution < -0.4 is 0 Å². The number of ketones is 1. The van der Waals surface area contributed by atoms with Gasteiger partial charge in [-0.3, -0.25) is 9.78 Å². The minimum absolute atomic E-state index is 0.0148. The van der Waals surface area contributed by atoms with Crippen LogP contribution in [0.15, 0.2) is 55.5 Å². The molecule has 0 saturated heterocycles. The normalized spacial score (nSPS) is 14.1. The topological polar surface area (TPSA) is 103 Å².